The Morgan fingerprint density at radius 2 is 1.88 bits per heavy atom. The molecule has 2 heterocycles. The van der Waals surface area contributed by atoms with Crippen molar-refractivity contribution in [2.45, 2.75) is 58.0 Å². The number of hydrogen-bond donors (Lipinski definition) is 1. The molecule has 0 bridgehead atoms. The fourth-order valence-corrected chi connectivity index (χ4v) is 4.91. The number of hydrogen-bond acceptors (Lipinski definition) is 4. The first-order valence-electron chi connectivity index (χ1n) is 11.7. The summed E-state index contributed by atoms with van der Waals surface area (Å²) in [5.41, 5.74) is 2.49. The van der Waals surface area contributed by atoms with Crippen LogP contribution in [0.25, 0.3) is 6.08 Å². The Bertz CT molecular complexity index is 1010. The van der Waals surface area contributed by atoms with Crippen LogP contribution in [-0.2, 0) is 10.2 Å². The molecule has 5 heteroatoms. The van der Waals surface area contributed by atoms with E-state index in [1.165, 1.54) is 12.0 Å². The molecule has 2 aromatic rings. The molecule has 0 radical (unpaired) electrons. The van der Waals surface area contributed by atoms with Crippen molar-refractivity contribution in [3.8, 4) is 11.5 Å². The largest absolute Gasteiger partial charge is 0.490 e. The van der Waals surface area contributed by atoms with Gasteiger partial charge in [0, 0.05) is 11.1 Å². The SMILES string of the molecule is CCCCCOc1ccc(C=C[C@@]23NC(=O)CN2c2ccccc2C3(C)C)cc1OCC. The van der Waals surface area contributed by atoms with E-state index in [0.717, 1.165) is 35.6 Å². The number of fused-ring (bicyclic) bond motifs is 3. The number of unbranched alkanes of at least 4 members (excludes halogenated alkanes) is 2. The van der Waals surface area contributed by atoms with Gasteiger partial charge in [0.2, 0.25) is 5.91 Å². The van der Waals surface area contributed by atoms with E-state index < -0.39 is 5.66 Å². The van der Waals surface area contributed by atoms with Gasteiger partial charge in [-0.2, -0.15) is 0 Å². The van der Waals surface area contributed by atoms with Crippen LogP contribution in [0.3, 0.4) is 0 Å². The average Bonchev–Trinajstić information content (AvgIpc) is 3.21. The Morgan fingerprint density at radius 3 is 2.66 bits per heavy atom. The Kier molecular flexibility index (Phi) is 6.18. The Balaban J connectivity index is 1.63. The lowest BCUT2D eigenvalue weighted by Gasteiger charge is -2.40. The number of nitrogens with one attached hydrogen (secondary N) is 1. The molecule has 4 rings (SSSR count). The molecular weight excluding hydrogens is 400 g/mol. The van der Waals surface area contributed by atoms with Crippen molar-refractivity contribution in [3.05, 3.63) is 59.7 Å². The standard InChI is InChI=1S/C27H34N2O3/c1-5-7-10-17-32-23-14-13-20(18-24(23)31-6-2)15-16-27-26(3,4)21-11-8-9-12-22(21)29(27)19-25(30)28-27/h8-9,11-16,18H,5-7,10,17,19H2,1-4H3,(H,28,30)/t27-/m1/s1. The molecule has 5 nitrogen and oxygen atoms in total. The van der Waals surface area contributed by atoms with Crippen LogP contribution in [0, 0.1) is 0 Å². The molecule has 0 aromatic heterocycles. The number of carbonyl (C=O) groups excluding carboxylic acids is 1. The molecular formula is C27H34N2O3. The highest BCUT2D eigenvalue weighted by atomic mass is 16.5. The second-order valence-electron chi connectivity index (χ2n) is 9.07. The number of rotatable bonds is 9. The number of para-hydroxylation sites is 1. The summed E-state index contributed by atoms with van der Waals surface area (Å²) in [6, 6.07) is 14.4. The Morgan fingerprint density at radius 1 is 1.06 bits per heavy atom. The van der Waals surface area contributed by atoms with E-state index in [9.17, 15) is 4.79 Å². The summed E-state index contributed by atoms with van der Waals surface area (Å²) in [6.45, 7) is 10.2. The van der Waals surface area contributed by atoms with Gasteiger partial charge in [-0.15, -0.1) is 0 Å². The van der Waals surface area contributed by atoms with E-state index in [-0.39, 0.29) is 11.3 Å². The third-order valence-electron chi connectivity index (χ3n) is 6.67. The summed E-state index contributed by atoms with van der Waals surface area (Å²) < 4.78 is 11.8. The highest BCUT2D eigenvalue weighted by molar-refractivity contribution is 5.91. The van der Waals surface area contributed by atoms with Gasteiger partial charge in [-0.1, -0.05) is 64.0 Å². The maximum Gasteiger partial charge on any atom is 0.241 e. The van der Waals surface area contributed by atoms with Crippen molar-refractivity contribution >= 4 is 17.7 Å². The van der Waals surface area contributed by atoms with Crippen molar-refractivity contribution in [2.24, 2.45) is 0 Å². The first-order chi connectivity index (χ1) is 15.4. The van der Waals surface area contributed by atoms with Crippen molar-refractivity contribution in [1.82, 2.24) is 5.32 Å². The van der Waals surface area contributed by atoms with Gasteiger partial charge >= 0.3 is 0 Å². The van der Waals surface area contributed by atoms with Crippen LogP contribution in [0.1, 0.15) is 58.1 Å². The summed E-state index contributed by atoms with van der Waals surface area (Å²) >= 11 is 0. The topological polar surface area (TPSA) is 50.8 Å². The zero-order chi connectivity index (χ0) is 22.8. The fourth-order valence-electron chi connectivity index (χ4n) is 4.91. The van der Waals surface area contributed by atoms with E-state index in [0.29, 0.717) is 19.8 Å². The summed E-state index contributed by atoms with van der Waals surface area (Å²) in [5.74, 6) is 1.58. The maximum absolute atomic E-state index is 12.5. The molecule has 2 aromatic carbocycles. The third kappa shape index (κ3) is 3.74. The third-order valence-corrected chi connectivity index (χ3v) is 6.67. The minimum Gasteiger partial charge on any atom is -0.490 e. The Hall–Kier alpha value is -2.95. The minimum atomic E-state index is -0.602. The second kappa shape index (κ2) is 8.89. The molecule has 2 aliphatic heterocycles. The van der Waals surface area contributed by atoms with Crippen LogP contribution in [0.15, 0.2) is 48.5 Å². The van der Waals surface area contributed by atoms with Crippen molar-refractivity contribution < 1.29 is 14.3 Å². The highest BCUT2D eigenvalue weighted by Crippen LogP contribution is 2.52. The van der Waals surface area contributed by atoms with Crippen LogP contribution in [0.4, 0.5) is 5.69 Å². The molecule has 0 saturated carbocycles. The molecule has 0 unspecified atom stereocenters. The van der Waals surface area contributed by atoms with E-state index in [1.54, 1.807) is 0 Å². The maximum atomic E-state index is 12.5. The summed E-state index contributed by atoms with van der Waals surface area (Å²) in [5, 5.41) is 3.27. The first-order valence-corrected chi connectivity index (χ1v) is 11.7. The number of carbonyl (C=O) groups is 1. The second-order valence-corrected chi connectivity index (χ2v) is 9.07. The molecule has 1 saturated heterocycles. The number of amides is 1. The summed E-state index contributed by atoms with van der Waals surface area (Å²) in [6.07, 6.45) is 7.58. The average molecular weight is 435 g/mol. The quantitative estimate of drug-likeness (QED) is 0.545. The zero-order valence-electron chi connectivity index (χ0n) is 19.6. The van der Waals surface area contributed by atoms with Crippen LogP contribution in [0.5, 0.6) is 11.5 Å². The molecule has 1 atom stereocenters. The minimum absolute atomic E-state index is 0.0445. The molecule has 32 heavy (non-hydrogen) atoms. The van der Waals surface area contributed by atoms with Crippen LogP contribution < -0.4 is 19.7 Å². The van der Waals surface area contributed by atoms with Gasteiger partial charge in [-0.05, 0) is 48.7 Å². The predicted octanol–water partition coefficient (Wildman–Crippen LogP) is 5.29. The number of ether oxygens (including phenoxy) is 2. The molecule has 2 aliphatic rings. The van der Waals surface area contributed by atoms with Gasteiger partial charge < -0.3 is 19.7 Å². The predicted molar refractivity (Wildman–Crippen MR) is 129 cm³/mol. The van der Waals surface area contributed by atoms with Crippen molar-refractivity contribution in [3.63, 3.8) is 0 Å². The first kappa shape index (κ1) is 22.3. The molecule has 1 amide bonds. The van der Waals surface area contributed by atoms with Gasteiger partial charge in [-0.3, -0.25) is 4.79 Å². The summed E-state index contributed by atoms with van der Waals surface area (Å²) in [7, 11) is 0. The molecule has 0 spiro atoms. The van der Waals surface area contributed by atoms with E-state index in [4.69, 9.17) is 9.47 Å². The van der Waals surface area contributed by atoms with E-state index in [1.807, 2.05) is 31.2 Å². The highest BCUT2D eigenvalue weighted by Gasteiger charge is 2.59. The molecule has 1 N–H and O–H groups in total. The lowest BCUT2D eigenvalue weighted by atomic mass is 9.75. The zero-order valence-corrected chi connectivity index (χ0v) is 19.6. The van der Waals surface area contributed by atoms with Crippen molar-refractivity contribution in [1.29, 1.82) is 0 Å². The normalized spacial score (nSPS) is 20.9. The van der Waals surface area contributed by atoms with Crippen molar-refractivity contribution in [2.75, 3.05) is 24.7 Å². The van der Waals surface area contributed by atoms with Crippen LogP contribution in [-0.4, -0.2) is 31.3 Å². The number of anilines is 1. The van der Waals surface area contributed by atoms with Crippen LogP contribution >= 0.6 is 0 Å². The van der Waals surface area contributed by atoms with E-state index >= 15 is 0 Å². The Labute approximate surface area is 191 Å². The smallest absolute Gasteiger partial charge is 0.241 e. The lowest BCUT2D eigenvalue weighted by molar-refractivity contribution is -0.118. The number of benzene rings is 2. The van der Waals surface area contributed by atoms with Gasteiger partial charge in [0.1, 0.15) is 5.66 Å². The molecule has 1 fully saturated rings. The number of nitrogens with zero attached hydrogens (tertiary/aromatic N) is 1. The fraction of sp³-hybridized carbons (Fsp3) is 0.444. The van der Waals surface area contributed by atoms with Gasteiger partial charge in [0.05, 0.1) is 19.8 Å². The monoisotopic (exact) mass is 434 g/mol. The van der Waals surface area contributed by atoms with Gasteiger partial charge in [0.15, 0.2) is 11.5 Å². The van der Waals surface area contributed by atoms with Crippen LogP contribution in [0.2, 0.25) is 0 Å². The molecule has 170 valence electrons. The van der Waals surface area contributed by atoms with Gasteiger partial charge in [0.25, 0.3) is 0 Å². The van der Waals surface area contributed by atoms with E-state index in [2.05, 4.69) is 61.3 Å². The lowest BCUT2D eigenvalue weighted by Crippen LogP contribution is -2.58. The summed E-state index contributed by atoms with van der Waals surface area (Å²) in [4.78, 5) is 14.7. The molecule has 0 aliphatic carbocycles. The van der Waals surface area contributed by atoms with Gasteiger partial charge in [-0.25, -0.2) is 0 Å².